The average molecular weight is 270 g/mol. The van der Waals surface area contributed by atoms with Crippen LogP contribution in [0.1, 0.15) is 32.1 Å². The first-order chi connectivity index (χ1) is 9.15. The van der Waals surface area contributed by atoms with Gasteiger partial charge < -0.3 is 20.1 Å². The lowest BCUT2D eigenvalue weighted by Crippen LogP contribution is -2.41. The molecule has 0 bridgehead atoms. The van der Waals surface area contributed by atoms with E-state index in [1.165, 1.54) is 0 Å². The Morgan fingerprint density at radius 3 is 2.89 bits per heavy atom. The summed E-state index contributed by atoms with van der Waals surface area (Å²) in [6.07, 6.45) is 4.00. The summed E-state index contributed by atoms with van der Waals surface area (Å²) in [4.78, 5) is 24.2. The van der Waals surface area contributed by atoms with E-state index in [0.29, 0.717) is 25.4 Å². The number of urea groups is 1. The zero-order valence-corrected chi connectivity index (χ0v) is 11.1. The third-order valence-electron chi connectivity index (χ3n) is 3.84. The first-order valence-corrected chi connectivity index (χ1v) is 7.01. The highest BCUT2D eigenvalue weighted by atomic mass is 16.5. The zero-order valence-electron chi connectivity index (χ0n) is 11.1. The van der Waals surface area contributed by atoms with E-state index >= 15 is 0 Å². The molecule has 2 N–H and O–H groups in total. The fourth-order valence-corrected chi connectivity index (χ4v) is 2.70. The summed E-state index contributed by atoms with van der Waals surface area (Å²) in [5.74, 6) is -0.439. The molecule has 0 aromatic heterocycles. The number of carboxylic acid groups (broad SMARTS) is 1. The second-order valence-electron chi connectivity index (χ2n) is 5.35. The van der Waals surface area contributed by atoms with Crippen LogP contribution in [0.2, 0.25) is 0 Å². The van der Waals surface area contributed by atoms with Gasteiger partial charge in [-0.25, -0.2) is 4.79 Å². The molecule has 2 rings (SSSR count). The summed E-state index contributed by atoms with van der Waals surface area (Å²) >= 11 is 0. The van der Waals surface area contributed by atoms with Crippen molar-refractivity contribution in [2.24, 2.45) is 5.92 Å². The number of hydrogen-bond donors (Lipinski definition) is 2. The van der Waals surface area contributed by atoms with E-state index in [1.54, 1.807) is 4.90 Å². The van der Waals surface area contributed by atoms with Crippen molar-refractivity contribution in [3.8, 4) is 0 Å². The van der Waals surface area contributed by atoms with Gasteiger partial charge in [-0.05, 0) is 31.6 Å². The monoisotopic (exact) mass is 270 g/mol. The smallest absolute Gasteiger partial charge is 0.317 e. The van der Waals surface area contributed by atoms with E-state index in [-0.39, 0.29) is 18.6 Å². The number of rotatable bonds is 5. The van der Waals surface area contributed by atoms with Gasteiger partial charge in [0.1, 0.15) is 0 Å². The number of nitrogens with zero attached hydrogens (tertiary/aromatic N) is 1. The highest BCUT2D eigenvalue weighted by Gasteiger charge is 2.27. The van der Waals surface area contributed by atoms with Crippen LogP contribution in [0.5, 0.6) is 0 Å². The van der Waals surface area contributed by atoms with Gasteiger partial charge in [-0.2, -0.15) is 0 Å². The summed E-state index contributed by atoms with van der Waals surface area (Å²) in [6.45, 7) is 2.77. The number of carboxylic acids is 1. The topological polar surface area (TPSA) is 78.9 Å². The van der Waals surface area contributed by atoms with Crippen molar-refractivity contribution in [1.82, 2.24) is 10.2 Å². The lowest BCUT2D eigenvalue weighted by Gasteiger charge is -2.19. The molecule has 19 heavy (non-hydrogen) atoms. The van der Waals surface area contributed by atoms with Crippen molar-refractivity contribution in [3.05, 3.63) is 0 Å². The molecule has 0 radical (unpaired) electrons. The molecule has 108 valence electrons. The van der Waals surface area contributed by atoms with Gasteiger partial charge in [-0.3, -0.25) is 4.79 Å². The maximum absolute atomic E-state index is 11.9. The molecule has 2 fully saturated rings. The maximum atomic E-state index is 11.9. The van der Waals surface area contributed by atoms with Crippen LogP contribution < -0.4 is 5.32 Å². The van der Waals surface area contributed by atoms with Crippen LogP contribution in [0.3, 0.4) is 0 Å². The highest BCUT2D eigenvalue weighted by molar-refractivity contribution is 5.74. The number of carbonyl (C=O) groups is 2. The molecular weight excluding hydrogens is 248 g/mol. The van der Waals surface area contributed by atoms with E-state index in [2.05, 4.69) is 5.32 Å². The number of hydrogen-bond acceptors (Lipinski definition) is 3. The summed E-state index contributed by atoms with van der Waals surface area (Å²) in [5, 5.41) is 11.5. The Morgan fingerprint density at radius 1 is 1.37 bits per heavy atom. The highest BCUT2D eigenvalue weighted by Crippen LogP contribution is 2.21. The largest absolute Gasteiger partial charge is 0.481 e. The molecule has 0 aromatic rings. The molecule has 2 aliphatic rings. The number of aliphatic carboxylic acids is 1. The van der Waals surface area contributed by atoms with Gasteiger partial charge in [-0.15, -0.1) is 0 Å². The fourth-order valence-electron chi connectivity index (χ4n) is 2.70. The molecule has 0 saturated carbocycles. The minimum atomic E-state index is -0.763. The van der Waals surface area contributed by atoms with Crippen molar-refractivity contribution in [2.75, 3.05) is 26.2 Å². The average Bonchev–Trinajstić information content (AvgIpc) is 3.04. The number of likely N-dealkylation sites (tertiary alicyclic amines) is 1. The second-order valence-corrected chi connectivity index (χ2v) is 5.35. The number of ether oxygens (including phenoxy) is 1. The van der Waals surface area contributed by atoms with E-state index < -0.39 is 5.97 Å². The molecule has 6 heteroatoms. The van der Waals surface area contributed by atoms with Crippen molar-refractivity contribution in [1.29, 1.82) is 0 Å². The lowest BCUT2D eigenvalue weighted by atomic mass is 10.0. The fraction of sp³-hybridized carbons (Fsp3) is 0.846. The van der Waals surface area contributed by atoms with Gasteiger partial charge in [-0.1, -0.05) is 0 Å². The number of amides is 2. The summed E-state index contributed by atoms with van der Waals surface area (Å²) < 4.78 is 5.45. The molecule has 2 amide bonds. The Balaban J connectivity index is 1.64. The second kappa shape index (κ2) is 6.75. The normalized spacial score (nSPS) is 26.6. The summed E-state index contributed by atoms with van der Waals surface area (Å²) in [5.41, 5.74) is 0. The van der Waals surface area contributed by atoms with E-state index in [0.717, 1.165) is 32.4 Å². The summed E-state index contributed by atoms with van der Waals surface area (Å²) in [7, 11) is 0. The van der Waals surface area contributed by atoms with Crippen molar-refractivity contribution >= 4 is 12.0 Å². The minimum Gasteiger partial charge on any atom is -0.481 e. The van der Waals surface area contributed by atoms with Gasteiger partial charge in [0.25, 0.3) is 0 Å². The van der Waals surface area contributed by atoms with Crippen molar-refractivity contribution < 1.29 is 19.4 Å². The number of nitrogens with one attached hydrogen (secondary N) is 1. The Labute approximate surface area is 113 Å². The molecule has 2 unspecified atom stereocenters. The molecule has 0 spiro atoms. The van der Waals surface area contributed by atoms with Crippen LogP contribution in [0.4, 0.5) is 4.79 Å². The Bertz CT molecular complexity index is 329. The molecular formula is C13H22N2O4. The molecule has 2 heterocycles. The van der Waals surface area contributed by atoms with Gasteiger partial charge >= 0.3 is 12.0 Å². The van der Waals surface area contributed by atoms with Gasteiger partial charge in [0, 0.05) is 32.7 Å². The lowest BCUT2D eigenvalue weighted by molar-refractivity contribution is -0.137. The molecule has 2 atom stereocenters. The van der Waals surface area contributed by atoms with Crippen LogP contribution in [0, 0.1) is 5.92 Å². The predicted octanol–water partition coefficient (Wildman–Crippen LogP) is 1.06. The van der Waals surface area contributed by atoms with Crippen molar-refractivity contribution in [3.63, 3.8) is 0 Å². The number of carbonyl (C=O) groups excluding carboxylic acids is 1. The molecule has 0 aliphatic carbocycles. The third kappa shape index (κ3) is 4.38. The maximum Gasteiger partial charge on any atom is 0.317 e. The quantitative estimate of drug-likeness (QED) is 0.783. The Hall–Kier alpha value is -1.30. The van der Waals surface area contributed by atoms with Gasteiger partial charge in [0.05, 0.1) is 6.10 Å². The van der Waals surface area contributed by atoms with Crippen LogP contribution in [-0.2, 0) is 9.53 Å². The summed E-state index contributed by atoms with van der Waals surface area (Å²) in [6, 6.07) is -0.0478. The SMILES string of the molecule is O=C(O)CCC1CCN(C(=O)NCC2CCCO2)C1. The van der Waals surface area contributed by atoms with Gasteiger partial charge in [0.15, 0.2) is 0 Å². The molecule has 2 aliphatic heterocycles. The molecule has 0 aromatic carbocycles. The van der Waals surface area contributed by atoms with Crippen LogP contribution in [-0.4, -0.2) is 54.4 Å². The first-order valence-electron chi connectivity index (χ1n) is 7.01. The van der Waals surface area contributed by atoms with Crippen molar-refractivity contribution in [2.45, 2.75) is 38.2 Å². The van der Waals surface area contributed by atoms with Crippen LogP contribution >= 0.6 is 0 Å². The van der Waals surface area contributed by atoms with Crippen LogP contribution in [0.15, 0.2) is 0 Å². The Kier molecular flexibility index (Phi) is 5.01. The molecule has 2 saturated heterocycles. The molecule has 6 nitrogen and oxygen atoms in total. The Morgan fingerprint density at radius 2 is 2.21 bits per heavy atom. The standard InChI is InChI=1S/C13H22N2O4/c16-12(17)4-3-10-5-6-15(9-10)13(18)14-8-11-2-1-7-19-11/h10-11H,1-9H2,(H,14,18)(H,16,17). The third-order valence-corrected chi connectivity index (χ3v) is 3.84. The van der Waals surface area contributed by atoms with E-state index in [4.69, 9.17) is 9.84 Å². The van der Waals surface area contributed by atoms with E-state index in [1.807, 2.05) is 0 Å². The zero-order chi connectivity index (χ0) is 13.7. The van der Waals surface area contributed by atoms with Crippen LogP contribution in [0.25, 0.3) is 0 Å². The first kappa shape index (κ1) is 14.1. The minimum absolute atomic E-state index is 0.0478. The van der Waals surface area contributed by atoms with Gasteiger partial charge in [0.2, 0.25) is 0 Å². The van der Waals surface area contributed by atoms with E-state index in [9.17, 15) is 9.59 Å². The predicted molar refractivity (Wildman–Crippen MR) is 68.9 cm³/mol.